The van der Waals surface area contributed by atoms with E-state index in [4.69, 9.17) is 0 Å². The SMILES string of the molecule is CCNCc1ncccc1Br. The van der Waals surface area contributed by atoms with Crippen LogP contribution in [-0.2, 0) is 6.54 Å². The molecule has 0 saturated carbocycles. The van der Waals surface area contributed by atoms with Gasteiger partial charge in [-0.1, -0.05) is 6.92 Å². The highest BCUT2D eigenvalue weighted by molar-refractivity contribution is 9.10. The Morgan fingerprint density at radius 2 is 2.45 bits per heavy atom. The van der Waals surface area contributed by atoms with Crippen LogP contribution in [0.3, 0.4) is 0 Å². The third-order valence-corrected chi connectivity index (χ3v) is 2.10. The molecule has 0 amide bonds. The van der Waals surface area contributed by atoms with Crippen molar-refractivity contribution in [2.45, 2.75) is 13.5 Å². The van der Waals surface area contributed by atoms with E-state index in [1.165, 1.54) is 0 Å². The lowest BCUT2D eigenvalue weighted by molar-refractivity contribution is 0.708. The number of halogens is 1. The van der Waals surface area contributed by atoms with Crippen molar-refractivity contribution in [1.29, 1.82) is 0 Å². The predicted molar refractivity (Wildman–Crippen MR) is 49.3 cm³/mol. The summed E-state index contributed by atoms with van der Waals surface area (Å²) < 4.78 is 1.07. The lowest BCUT2D eigenvalue weighted by Crippen LogP contribution is -2.13. The van der Waals surface area contributed by atoms with Crippen LogP contribution < -0.4 is 5.32 Å². The van der Waals surface area contributed by atoms with Crippen molar-refractivity contribution in [3.63, 3.8) is 0 Å². The fourth-order valence-corrected chi connectivity index (χ4v) is 1.19. The minimum Gasteiger partial charge on any atom is -0.311 e. The first-order valence-electron chi connectivity index (χ1n) is 3.64. The molecule has 1 aromatic heterocycles. The van der Waals surface area contributed by atoms with Crippen molar-refractivity contribution in [3.8, 4) is 0 Å². The standard InChI is InChI=1S/C8H11BrN2/c1-2-10-6-8-7(9)4-3-5-11-8/h3-5,10H,2,6H2,1H3. The Kier molecular flexibility index (Phi) is 3.52. The molecular weight excluding hydrogens is 204 g/mol. The van der Waals surface area contributed by atoms with E-state index >= 15 is 0 Å². The van der Waals surface area contributed by atoms with E-state index in [1.807, 2.05) is 12.1 Å². The van der Waals surface area contributed by atoms with Crippen LogP contribution in [0.5, 0.6) is 0 Å². The van der Waals surface area contributed by atoms with E-state index in [2.05, 4.69) is 33.2 Å². The zero-order valence-corrected chi connectivity index (χ0v) is 8.06. The summed E-state index contributed by atoms with van der Waals surface area (Å²) in [5, 5.41) is 3.21. The minimum atomic E-state index is 0.831. The molecule has 0 saturated heterocycles. The van der Waals surface area contributed by atoms with Crippen molar-refractivity contribution in [2.75, 3.05) is 6.54 Å². The Bertz CT molecular complexity index is 225. The van der Waals surface area contributed by atoms with Gasteiger partial charge in [-0.05, 0) is 34.6 Å². The number of nitrogens with zero attached hydrogens (tertiary/aromatic N) is 1. The van der Waals surface area contributed by atoms with Gasteiger partial charge in [0.2, 0.25) is 0 Å². The third-order valence-electron chi connectivity index (χ3n) is 1.38. The molecule has 0 aliphatic heterocycles. The van der Waals surface area contributed by atoms with Gasteiger partial charge in [0.1, 0.15) is 0 Å². The molecule has 3 heteroatoms. The molecule has 2 nitrogen and oxygen atoms in total. The van der Waals surface area contributed by atoms with Gasteiger partial charge in [0, 0.05) is 17.2 Å². The second kappa shape index (κ2) is 4.46. The van der Waals surface area contributed by atoms with Crippen molar-refractivity contribution in [2.24, 2.45) is 0 Å². The normalized spacial score (nSPS) is 10.0. The molecule has 1 N–H and O–H groups in total. The Morgan fingerprint density at radius 3 is 3.09 bits per heavy atom. The van der Waals surface area contributed by atoms with Crippen LogP contribution in [0.25, 0.3) is 0 Å². The van der Waals surface area contributed by atoms with E-state index in [-0.39, 0.29) is 0 Å². The second-order valence-electron chi connectivity index (χ2n) is 2.21. The molecule has 0 bridgehead atoms. The third kappa shape index (κ3) is 2.60. The fourth-order valence-electron chi connectivity index (χ4n) is 0.792. The smallest absolute Gasteiger partial charge is 0.0683 e. The number of rotatable bonds is 3. The first-order chi connectivity index (χ1) is 5.34. The average molecular weight is 215 g/mol. The topological polar surface area (TPSA) is 24.9 Å². The monoisotopic (exact) mass is 214 g/mol. The van der Waals surface area contributed by atoms with Gasteiger partial charge < -0.3 is 5.32 Å². The molecule has 1 rings (SSSR count). The van der Waals surface area contributed by atoms with Crippen molar-refractivity contribution < 1.29 is 0 Å². The van der Waals surface area contributed by atoms with Crippen molar-refractivity contribution in [1.82, 2.24) is 10.3 Å². The number of hydrogen-bond acceptors (Lipinski definition) is 2. The summed E-state index contributed by atoms with van der Waals surface area (Å²) in [4.78, 5) is 4.21. The lowest BCUT2D eigenvalue weighted by atomic mass is 10.3. The number of nitrogens with one attached hydrogen (secondary N) is 1. The lowest BCUT2D eigenvalue weighted by Gasteiger charge is -2.01. The highest BCUT2D eigenvalue weighted by atomic mass is 79.9. The Labute approximate surface area is 75.2 Å². The molecule has 0 aliphatic rings. The molecule has 1 aromatic rings. The van der Waals surface area contributed by atoms with Gasteiger partial charge in [-0.15, -0.1) is 0 Å². The van der Waals surface area contributed by atoms with Crippen molar-refractivity contribution in [3.05, 3.63) is 28.5 Å². The molecule has 60 valence electrons. The predicted octanol–water partition coefficient (Wildman–Crippen LogP) is 1.95. The molecule has 0 aromatic carbocycles. The summed E-state index contributed by atoms with van der Waals surface area (Å²) in [5.74, 6) is 0. The summed E-state index contributed by atoms with van der Waals surface area (Å²) in [6.45, 7) is 3.89. The van der Waals surface area contributed by atoms with Crippen LogP contribution in [0.1, 0.15) is 12.6 Å². The van der Waals surface area contributed by atoms with Crippen LogP contribution in [0.15, 0.2) is 22.8 Å². The van der Waals surface area contributed by atoms with Crippen LogP contribution in [-0.4, -0.2) is 11.5 Å². The molecule has 11 heavy (non-hydrogen) atoms. The maximum Gasteiger partial charge on any atom is 0.0683 e. The fraction of sp³-hybridized carbons (Fsp3) is 0.375. The Hall–Kier alpha value is -0.410. The van der Waals surface area contributed by atoms with E-state index < -0.39 is 0 Å². The highest BCUT2D eigenvalue weighted by Crippen LogP contribution is 2.12. The van der Waals surface area contributed by atoms with Gasteiger partial charge in [-0.3, -0.25) is 4.98 Å². The maximum atomic E-state index is 4.21. The van der Waals surface area contributed by atoms with Crippen LogP contribution in [0.4, 0.5) is 0 Å². The number of hydrogen-bond donors (Lipinski definition) is 1. The van der Waals surface area contributed by atoms with Gasteiger partial charge in [-0.2, -0.15) is 0 Å². The largest absolute Gasteiger partial charge is 0.311 e. The summed E-state index contributed by atoms with van der Waals surface area (Å²) in [6.07, 6.45) is 1.80. The average Bonchev–Trinajstić information content (AvgIpc) is 2.03. The van der Waals surface area contributed by atoms with E-state index in [0.29, 0.717) is 0 Å². The maximum absolute atomic E-state index is 4.21. The summed E-state index contributed by atoms with van der Waals surface area (Å²) in [5.41, 5.74) is 1.06. The summed E-state index contributed by atoms with van der Waals surface area (Å²) in [7, 11) is 0. The van der Waals surface area contributed by atoms with Crippen LogP contribution >= 0.6 is 15.9 Å². The molecule has 0 atom stereocenters. The molecular formula is C8H11BrN2. The molecule has 0 unspecified atom stereocenters. The van der Waals surface area contributed by atoms with E-state index in [0.717, 1.165) is 23.3 Å². The van der Waals surface area contributed by atoms with Crippen LogP contribution in [0, 0.1) is 0 Å². The van der Waals surface area contributed by atoms with Gasteiger partial charge >= 0.3 is 0 Å². The van der Waals surface area contributed by atoms with Gasteiger partial charge in [0.05, 0.1) is 5.69 Å². The first-order valence-corrected chi connectivity index (χ1v) is 4.44. The zero-order chi connectivity index (χ0) is 8.10. The quantitative estimate of drug-likeness (QED) is 0.833. The van der Waals surface area contributed by atoms with Gasteiger partial charge in [-0.25, -0.2) is 0 Å². The molecule has 0 spiro atoms. The Balaban J connectivity index is 2.62. The number of aromatic nitrogens is 1. The molecule has 1 heterocycles. The van der Waals surface area contributed by atoms with Gasteiger partial charge in [0.25, 0.3) is 0 Å². The van der Waals surface area contributed by atoms with Crippen LogP contribution in [0.2, 0.25) is 0 Å². The van der Waals surface area contributed by atoms with E-state index in [1.54, 1.807) is 6.20 Å². The second-order valence-corrected chi connectivity index (χ2v) is 3.07. The first kappa shape index (κ1) is 8.68. The summed E-state index contributed by atoms with van der Waals surface area (Å²) >= 11 is 3.42. The summed E-state index contributed by atoms with van der Waals surface area (Å²) in [6, 6.07) is 3.92. The Morgan fingerprint density at radius 1 is 1.64 bits per heavy atom. The zero-order valence-electron chi connectivity index (χ0n) is 6.47. The number of pyridine rings is 1. The molecule has 0 radical (unpaired) electrons. The van der Waals surface area contributed by atoms with Gasteiger partial charge in [0.15, 0.2) is 0 Å². The highest BCUT2D eigenvalue weighted by Gasteiger charge is 1.96. The molecule has 0 fully saturated rings. The van der Waals surface area contributed by atoms with Crippen molar-refractivity contribution >= 4 is 15.9 Å². The molecule has 0 aliphatic carbocycles. The van der Waals surface area contributed by atoms with E-state index in [9.17, 15) is 0 Å². The minimum absolute atomic E-state index is 0.831.